The molecule has 0 aromatic carbocycles. The molecule has 1 aliphatic rings. The first kappa shape index (κ1) is 12.5. The first-order chi connectivity index (χ1) is 7.16. The summed E-state index contributed by atoms with van der Waals surface area (Å²) in [4.78, 5) is 14.1. The first-order valence-corrected chi connectivity index (χ1v) is 6.17. The van der Waals surface area contributed by atoms with Gasteiger partial charge in [-0.3, -0.25) is 4.79 Å². The Kier molecular flexibility index (Phi) is 5.09. The molecule has 2 unspecified atom stereocenters. The summed E-state index contributed by atoms with van der Waals surface area (Å²) in [5.41, 5.74) is 5.44. The van der Waals surface area contributed by atoms with E-state index in [9.17, 15) is 4.79 Å². The molecule has 1 saturated heterocycles. The van der Waals surface area contributed by atoms with Crippen molar-refractivity contribution in [2.45, 2.75) is 52.0 Å². The van der Waals surface area contributed by atoms with Gasteiger partial charge in [-0.15, -0.1) is 0 Å². The lowest BCUT2D eigenvalue weighted by Gasteiger charge is -2.25. The van der Waals surface area contributed by atoms with Gasteiger partial charge >= 0.3 is 0 Å². The number of unbranched alkanes of at least 4 members (excludes halogenated alkanes) is 1. The maximum absolute atomic E-state index is 12.0. The molecule has 0 radical (unpaired) electrons. The van der Waals surface area contributed by atoms with Crippen molar-refractivity contribution in [3.05, 3.63) is 0 Å². The van der Waals surface area contributed by atoms with Crippen LogP contribution in [0.1, 0.15) is 46.0 Å². The molecule has 1 fully saturated rings. The van der Waals surface area contributed by atoms with E-state index in [1.165, 1.54) is 12.8 Å². The Balaban J connectivity index is 2.31. The van der Waals surface area contributed by atoms with E-state index in [-0.39, 0.29) is 5.92 Å². The van der Waals surface area contributed by atoms with Gasteiger partial charge in [0.05, 0.1) is 0 Å². The summed E-state index contributed by atoms with van der Waals surface area (Å²) in [7, 11) is 0. The fraction of sp³-hybridized carbons (Fsp3) is 0.917. The largest absolute Gasteiger partial charge is 0.340 e. The Morgan fingerprint density at radius 3 is 2.80 bits per heavy atom. The summed E-state index contributed by atoms with van der Waals surface area (Å²) in [6, 6.07) is 0.453. The summed E-state index contributed by atoms with van der Waals surface area (Å²) in [5, 5.41) is 0. The molecular formula is C12H24N2O. The zero-order valence-electron chi connectivity index (χ0n) is 10.0. The van der Waals surface area contributed by atoms with Gasteiger partial charge in [0.2, 0.25) is 5.91 Å². The maximum Gasteiger partial charge on any atom is 0.225 e. The number of nitrogens with zero attached hydrogens (tertiary/aromatic N) is 1. The Morgan fingerprint density at radius 2 is 2.27 bits per heavy atom. The highest BCUT2D eigenvalue weighted by Crippen LogP contribution is 2.21. The van der Waals surface area contributed by atoms with Crippen LogP contribution in [-0.2, 0) is 4.79 Å². The lowest BCUT2D eigenvalue weighted by molar-refractivity contribution is -0.135. The summed E-state index contributed by atoms with van der Waals surface area (Å²) in [6.45, 7) is 5.89. The third-order valence-corrected chi connectivity index (χ3v) is 3.35. The number of likely N-dealkylation sites (tertiary alicyclic amines) is 1. The molecule has 1 aliphatic heterocycles. The predicted molar refractivity (Wildman–Crippen MR) is 62.5 cm³/mol. The molecule has 0 bridgehead atoms. The molecule has 0 aliphatic carbocycles. The van der Waals surface area contributed by atoms with Gasteiger partial charge in [0, 0.05) is 18.5 Å². The minimum Gasteiger partial charge on any atom is -0.340 e. The molecule has 15 heavy (non-hydrogen) atoms. The molecule has 88 valence electrons. The van der Waals surface area contributed by atoms with Crippen molar-refractivity contribution in [3.8, 4) is 0 Å². The van der Waals surface area contributed by atoms with E-state index in [1.54, 1.807) is 0 Å². The molecule has 2 N–H and O–H groups in total. The van der Waals surface area contributed by atoms with Gasteiger partial charge < -0.3 is 10.6 Å². The molecule has 1 rings (SSSR count). The lowest BCUT2D eigenvalue weighted by Crippen LogP contribution is -2.37. The summed E-state index contributed by atoms with van der Waals surface area (Å²) < 4.78 is 0. The Labute approximate surface area is 93.0 Å². The molecule has 0 saturated carbocycles. The Morgan fingerprint density at radius 1 is 1.53 bits per heavy atom. The number of hydrogen-bond donors (Lipinski definition) is 1. The molecular weight excluding hydrogens is 188 g/mol. The summed E-state index contributed by atoms with van der Waals surface area (Å²) in [5.74, 6) is 0.522. The van der Waals surface area contributed by atoms with Crippen LogP contribution in [-0.4, -0.2) is 29.9 Å². The second-order valence-corrected chi connectivity index (χ2v) is 4.71. The quantitative estimate of drug-likeness (QED) is 0.706. The highest BCUT2D eigenvalue weighted by atomic mass is 16.2. The van der Waals surface area contributed by atoms with Crippen LogP contribution in [0.15, 0.2) is 0 Å². The van der Waals surface area contributed by atoms with Crippen LogP contribution in [0.4, 0.5) is 0 Å². The van der Waals surface area contributed by atoms with E-state index in [0.29, 0.717) is 11.9 Å². The van der Waals surface area contributed by atoms with Crippen molar-refractivity contribution in [1.29, 1.82) is 0 Å². The molecule has 3 heteroatoms. The van der Waals surface area contributed by atoms with Gasteiger partial charge in [-0.2, -0.15) is 0 Å². The van der Waals surface area contributed by atoms with E-state index in [4.69, 9.17) is 5.73 Å². The first-order valence-electron chi connectivity index (χ1n) is 6.17. The van der Waals surface area contributed by atoms with Crippen molar-refractivity contribution in [2.24, 2.45) is 11.7 Å². The van der Waals surface area contributed by atoms with Gasteiger partial charge in [0.1, 0.15) is 0 Å². The van der Waals surface area contributed by atoms with E-state index >= 15 is 0 Å². The second kappa shape index (κ2) is 6.11. The minimum atomic E-state index is 0.178. The second-order valence-electron chi connectivity index (χ2n) is 4.71. The van der Waals surface area contributed by atoms with Crippen LogP contribution >= 0.6 is 0 Å². The standard InChI is InChI=1S/C12H24N2O/c1-10(6-3-4-8-13)12(15)14-9-5-7-11(14)2/h10-11H,3-9,13H2,1-2H3. The van der Waals surface area contributed by atoms with E-state index < -0.39 is 0 Å². The zero-order chi connectivity index (χ0) is 11.3. The van der Waals surface area contributed by atoms with Crippen molar-refractivity contribution < 1.29 is 4.79 Å². The van der Waals surface area contributed by atoms with Gasteiger partial charge in [-0.05, 0) is 39.2 Å². The van der Waals surface area contributed by atoms with Crippen LogP contribution in [0.25, 0.3) is 0 Å². The lowest BCUT2D eigenvalue weighted by atomic mass is 10.0. The monoisotopic (exact) mass is 212 g/mol. The fourth-order valence-corrected chi connectivity index (χ4v) is 2.26. The maximum atomic E-state index is 12.0. The Bertz CT molecular complexity index is 206. The van der Waals surface area contributed by atoms with Crippen LogP contribution in [0.5, 0.6) is 0 Å². The molecule has 1 heterocycles. The van der Waals surface area contributed by atoms with Gasteiger partial charge in [-0.1, -0.05) is 13.3 Å². The molecule has 0 aromatic heterocycles. The van der Waals surface area contributed by atoms with Crippen molar-refractivity contribution in [3.63, 3.8) is 0 Å². The van der Waals surface area contributed by atoms with Gasteiger partial charge in [0.25, 0.3) is 0 Å². The van der Waals surface area contributed by atoms with Crippen molar-refractivity contribution in [1.82, 2.24) is 4.90 Å². The van der Waals surface area contributed by atoms with Crippen molar-refractivity contribution in [2.75, 3.05) is 13.1 Å². The fourth-order valence-electron chi connectivity index (χ4n) is 2.26. The van der Waals surface area contributed by atoms with Crippen molar-refractivity contribution >= 4 is 5.91 Å². The molecule has 1 amide bonds. The van der Waals surface area contributed by atoms with Crippen LogP contribution in [0, 0.1) is 5.92 Å². The smallest absolute Gasteiger partial charge is 0.225 e. The highest BCUT2D eigenvalue weighted by molar-refractivity contribution is 5.79. The van der Waals surface area contributed by atoms with E-state index in [2.05, 4.69) is 6.92 Å². The van der Waals surface area contributed by atoms with Crippen LogP contribution in [0.2, 0.25) is 0 Å². The summed E-state index contributed by atoms with van der Waals surface area (Å²) in [6.07, 6.45) is 5.43. The Hall–Kier alpha value is -0.570. The molecule has 0 spiro atoms. The predicted octanol–water partition coefficient (Wildman–Crippen LogP) is 1.76. The van der Waals surface area contributed by atoms with Crippen LogP contribution < -0.4 is 5.73 Å². The normalized spacial score (nSPS) is 23.1. The van der Waals surface area contributed by atoms with Gasteiger partial charge in [0.15, 0.2) is 0 Å². The molecule has 2 atom stereocenters. The number of nitrogens with two attached hydrogens (primary N) is 1. The molecule has 0 aromatic rings. The molecule has 3 nitrogen and oxygen atoms in total. The number of amides is 1. The number of hydrogen-bond acceptors (Lipinski definition) is 2. The van der Waals surface area contributed by atoms with Crippen LogP contribution in [0.3, 0.4) is 0 Å². The van der Waals surface area contributed by atoms with Gasteiger partial charge in [-0.25, -0.2) is 0 Å². The number of carbonyl (C=O) groups is 1. The number of rotatable bonds is 5. The number of carbonyl (C=O) groups excluding carboxylic acids is 1. The average Bonchev–Trinajstić information content (AvgIpc) is 2.63. The average molecular weight is 212 g/mol. The SMILES string of the molecule is CC(CCCCN)C(=O)N1CCCC1C. The van der Waals surface area contributed by atoms with E-state index in [0.717, 1.165) is 32.4 Å². The van der Waals surface area contributed by atoms with E-state index in [1.807, 2.05) is 11.8 Å². The topological polar surface area (TPSA) is 46.3 Å². The third-order valence-electron chi connectivity index (χ3n) is 3.35. The zero-order valence-corrected chi connectivity index (χ0v) is 10.0. The highest BCUT2D eigenvalue weighted by Gasteiger charge is 2.27. The minimum absolute atomic E-state index is 0.178. The summed E-state index contributed by atoms with van der Waals surface area (Å²) >= 11 is 0. The third kappa shape index (κ3) is 3.49.